The second-order valence-corrected chi connectivity index (χ2v) is 9.12. The number of benzene rings is 3. The first kappa shape index (κ1) is 22.2. The van der Waals surface area contributed by atoms with Crippen molar-refractivity contribution >= 4 is 38.2 Å². The van der Waals surface area contributed by atoms with Crippen LogP contribution in [-0.4, -0.2) is 35.3 Å². The Morgan fingerprint density at radius 2 is 1.88 bits per heavy atom. The van der Waals surface area contributed by atoms with Crippen molar-refractivity contribution in [1.82, 2.24) is 10.3 Å². The molecule has 5 aromatic rings. The summed E-state index contributed by atoms with van der Waals surface area (Å²) in [4.78, 5) is 16.6. The fourth-order valence-electron chi connectivity index (χ4n) is 4.35. The van der Waals surface area contributed by atoms with Gasteiger partial charge >= 0.3 is 0 Å². The van der Waals surface area contributed by atoms with E-state index in [1.807, 2.05) is 67.7 Å². The summed E-state index contributed by atoms with van der Waals surface area (Å²) in [5.41, 5.74) is 4.61. The van der Waals surface area contributed by atoms with E-state index in [-0.39, 0.29) is 12.5 Å². The summed E-state index contributed by atoms with van der Waals surface area (Å²) in [6.07, 6.45) is 2.46. The number of rotatable bonds is 8. The third-order valence-corrected chi connectivity index (χ3v) is 6.98. The van der Waals surface area contributed by atoms with Crippen LogP contribution in [-0.2, 0) is 6.42 Å². The first-order chi connectivity index (χ1) is 16.7. The number of hydrogen-bond donors (Lipinski definition) is 3. The van der Waals surface area contributed by atoms with E-state index in [2.05, 4.69) is 27.8 Å². The molecule has 2 aromatic heterocycles. The van der Waals surface area contributed by atoms with Crippen LogP contribution in [0.4, 0.5) is 0 Å². The molecule has 0 aliphatic rings. The zero-order valence-electron chi connectivity index (χ0n) is 18.9. The quantitative estimate of drug-likeness (QED) is 0.269. The monoisotopic (exact) mass is 470 g/mol. The lowest BCUT2D eigenvalue weighted by molar-refractivity contribution is 0.0913. The highest BCUT2D eigenvalue weighted by atomic mass is 32.1. The normalized spacial score (nSPS) is 12.2. The van der Waals surface area contributed by atoms with Crippen LogP contribution in [0.25, 0.3) is 32.1 Å². The summed E-state index contributed by atoms with van der Waals surface area (Å²) in [6.45, 7) is 2.19. The van der Waals surface area contributed by atoms with Crippen molar-refractivity contribution in [2.45, 2.75) is 19.4 Å². The van der Waals surface area contributed by atoms with Crippen LogP contribution < -0.4 is 10.1 Å². The van der Waals surface area contributed by atoms with Crippen LogP contribution in [0.15, 0.2) is 78.3 Å². The Morgan fingerprint density at radius 3 is 2.71 bits per heavy atom. The van der Waals surface area contributed by atoms with Gasteiger partial charge in [0.25, 0.3) is 5.91 Å². The molecular formula is C28H26N2O3S. The second-order valence-electron chi connectivity index (χ2n) is 8.21. The number of ether oxygens (including phenoxy) is 1. The number of carbonyl (C=O) groups is 1. The Labute approximate surface area is 202 Å². The number of H-pyrrole nitrogens is 1. The Balaban J connectivity index is 1.43. The van der Waals surface area contributed by atoms with Gasteiger partial charge in [0.1, 0.15) is 5.75 Å². The van der Waals surface area contributed by atoms with Crippen molar-refractivity contribution in [2.24, 2.45) is 0 Å². The van der Waals surface area contributed by atoms with Gasteiger partial charge in [0.2, 0.25) is 0 Å². The molecule has 172 valence electrons. The van der Waals surface area contributed by atoms with E-state index in [4.69, 9.17) is 4.74 Å². The summed E-state index contributed by atoms with van der Waals surface area (Å²) >= 11 is 1.69. The van der Waals surface area contributed by atoms with Crippen LogP contribution in [0.5, 0.6) is 5.75 Å². The fraction of sp³-hybridized carbons (Fsp3) is 0.179. The highest BCUT2D eigenvalue weighted by molar-refractivity contribution is 7.17. The lowest BCUT2D eigenvalue weighted by Crippen LogP contribution is -2.39. The number of aromatic amines is 1. The van der Waals surface area contributed by atoms with Crippen LogP contribution in [0.2, 0.25) is 0 Å². The molecule has 0 aliphatic carbocycles. The number of nitrogens with one attached hydrogen (secondary N) is 2. The van der Waals surface area contributed by atoms with E-state index in [1.165, 1.54) is 4.70 Å². The molecule has 5 rings (SSSR count). The molecule has 1 atom stereocenters. The number of aromatic nitrogens is 1. The summed E-state index contributed by atoms with van der Waals surface area (Å²) < 4.78 is 6.98. The van der Waals surface area contributed by atoms with E-state index in [0.29, 0.717) is 24.3 Å². The van der Waals surface area contributed by atoms with Gasteiger partial charge in [-0.1, -0.05) is 42.5 Å². The third kappa shape index (κ3) is 4.30. The molecule has 1 unspecified atom stereocenters. The Hall–Kier alpha value is -3.61. The Kier molecular flexibility index (Phi) is 6.34. The van der Waals surface area contributed by atoms with Crippen molar-refractivity contribution in [3.05, 3.63) is 89.4 Å². The van der Waals surface area contributed by atoms with Crippen molar-refractivity contribution in [3.8, 4) is 16.9 Å². The molecule has 0 bridgehead atoms. The molecule has 0 spiro atoms. The van der Waals surface area contributed by atoms with Crippen molar-refractivity contribution in [2.75, 3.05) is 13.2 Å². The molecule has 0 fully saturated rings. The first-order valence-electron chi connectivity index (χ1n) is 11.4. The summed E-state index contributed by atoms with van der Waals surface area (Å²) in [6, 6.07) is 21.6. The van der Waals surface area contributed by atoms with E-state index < -0.39 is 6.04 Å². The third-order valence-electron chi connectivity index (χ3n) is 6.01. The number of aliphatic hydroxyl groups excluding tert-OH is 1. The average Bonchev–Trinajstić information content (AvgIpc) is 3.48. The molecule has 0 aliphatic heterocycles. The highest BCUT2D eigenvalue weighted by Crippen LogP contribution is 2.36. The number of amides is 1. The Bertz CT molecular complexity index is 1450. The van der Waals surface area contributed by atoms with Gasteiger partial charge in [-0.25, -0.2) is 0 Å². The van der Waals surface area contributed by atoms with Gasteiger partial charge in [0, 0.05) is 32.7 Å². The molecule has 3 aromatic carbocycles. The number of fused-ring (bicyclic) bond motifs is 2. The van der Waals surface area contributed by atoms with Gasteiger partial charge < -0.3 is 20.1 Å². The Morgan fingerprint density at radius 1 is 1.09 bits per heavy atom. The number of para-hydroxylation sites is 1. The molecule has 0 radical (unpaired) electrons. The number of aliphatic hydroxyl groups is 1. The molecule has 5 nitrogen and oxygen atoms in total. The highest BCUT2D eigenvalue weighted by Gasteiger charge is 2.20. The van der Waals surface area contributed by atoms with E-state index in [1.54, 1.807) is 11.3 Å². The van der Waals surface area contributed by atoms with Crippen LogP contribution in [0.3, 0.4) is 0 Å². The zero-order valence-corrected chi connectivity index (χ0v) is 19.7. The smallest absolute Gasteiger partial charge is 0.255 e. The lowest BCUT2D eigenvalue weighted by Gasteiger charge is -2.18. The summed E-state index contributed by atoms with van der Waals surface area (Å²) in [5, 5.41) is 17.4. The van der Waals surface area contributed by atoms with Gasteiger partial charge in [-0.3, -0.25) is 4.79 Å². The molecule has 0 saturated heterocycles. The summed E-state index contributed by atoms with van der Waals surface area (Å²) in [7, 11) is 0. The van der Waals surface area contributed by atoms with Gasteiger partial charge in [-0.2, -0.15) is 0 Å². The van der Waals surface area contributed by atoms with Gasteiger partial charge in [-0.05, 0) is 54.1 Å². The van der Waals surface area contributed by atoms with Gasteiger partial charge in [0.15, 0.2) is 0 Å². The SMILES string of the molecule is CCOc1ccc(-c2csc3ccccc23)cc1C(=O)NC(CO)Cc1c[nH]c2ccccc12. The van der Waals surface area contributed by atoms with Crippen LogP contribution in [0, 0.1) is 0 Å². The largest absolute Gasteiger partial charge is 0.493 e. The summed E-state index contributed by atoms with van der Waals surface area (Å²) in [5.74, 6) is 0.274. The predicted molar refractivity (Wildman–Crippen MR) is 139 cm³/mol. The molecule has 1 amide bonds. The standard InChI is InChI=1S/C28H26N2O3S/c1-2-33-26-12-11-18(24-17-34-27-10-6-4-8-22(24)27)14-23(26)28(32)30-20(16-31)13-19-15-29-25-9-5-3-7-21(19)25/h3-12,14-15,17,20,29,31H,2,13,16H2,1H3,(H,30,32). The number of hydrogen-bond acceptors (Lipinski definition) is 4. The minimum absolute atomic E-state index is 0.163. The maximum Gasteiger partial charge on any atom is 0.255 e. The van der Waals surface area contributed by atoms with Gasteiger partial charge in [0.05, 0.1) is 24.8 Å². The second kappa shape index (κ2) is 9.71. The average molecular weight is 471 g/mol. The minimum Gasteiger partial charge on any atom is -0.493 e. The number of thiophene rings is 1. The van der Waals surface area contributed by atoms with Crippen molar-refractivity contribution in [3.63, 3.8) is 0 Å². The molecule has 0 saturated carbocycles. The predicted octanol–water partition coefficient (Wildman–Crippen LogP) is 5.78. The van der Waals surface area contributed by atoms with E-state index in [0.717, 1.165) is 33.0 Å². The minimum atomic E-state index is -0.424. The first-order valence-corrected chi connectivity index (χ1v) is 12.3. The van der Waals surface area contributed by atoms with Crippen molar-refractivity contribution in [1.29, 1.82) is 0 Å². The van der Waals surface area contributed by atoms with Crippen molar-refractivity contribution < 1.29 is 14.6 Å². The maximum absolute atomic E-state index is 13.4. The molecular weight excluding hydrogens is 444 g/mol. The maximum atomic E-state index is 13.4. The van der Waals surface area contributed by atoms with E-state index in [9.17, 15) is 9.90 Å². The fourth-order valence-corrected chi connectivity index (χ4v) is 5.32. The zero-order chi connectivity index (χ0) is 23.5. The molecule has 34 heavy (non-hydrogen) atoms. The van der Waals surface area contributed by atoms with Crippen LogP contribution >= 0.6 is 11.3 Å². The topological polar surface area (TPSA) is 74.3 Å². The van der Waals surface area contributed by atoms with Gasteiger partial charge in [-0.15, -0.1) is 11.3 Å². The molecule has 2 heterocycles. The molecule has 3 N–H and O–H groups in total. The van der Waals surface area contributed by atoms with Crippen LogP contribution in [0.1, 0.15) is 22.8 Å². The lowest BCUT2D eigenvalue weighted by atomic mass is 10.0. The molecule has 6 heteroatoms. The number of carbonyl (C=O) groups excluding carboxylic acids is 1. The van der Waals surface area contributed by atoms with E-state index >= 15 is 0 Å².